The van der Waals surface area contributed by atoms with Crippen LogP contribution in [0.4, 0.5) is 4.39 Å². The fourth-order valence-corrected chi connectivity index (χ4v) is 2.67. The molecule has 1 aromatic heterocycles. The van der Waals surface area contributed by atoms with Crippen molar-refractivity contribution in [1.82, 2.24) is 15.6 Å². The first-order valence-corrected chi connectivity index (χ1v) is 8.64. The molecule has 0 spiro atoms. The van der Waals surface area contributed by atoms with Crippen LogP contribution in [-0.4, -0.2) is 29.9 Å². The maximum atomic E-state index is 13.3. The Morgan fingerprint density at radius 1 is 1.23 bits per heavy atom. The normalized spacial score (nSPS) is 11.9. The van der Waals surface area contributed by atoms with Gasteiger partial charge >= 0.3 is 0 Å². The molecule has 1 atom stereocenters. The number of nitrogens with zero attached hydrogens (tertiary/aromatic N) is 1. The Labute approximate surface area is 157 Å². The van der Waals surface area contributed by atoms with Gasteiger partial charge < -0.3 is 10.6 Å². The maximum absolute atomic E-state index is 13.3. The number of nitrogens with one attached hydrogen (secondary N) is 2. The fraction of sp³-hybridized carbons (Fsp3) is 0.316. The summed E-state index contributed by atoms with van der Waals surface area (Å²) in [4.78, 5) is 28.8. The van der Waals surface area contributed by atoms with E-state index in [2.05, 4.69) is 15.6 Å². The van der Waals surface area contributed by atoms with Crippen LogP contribution < -0.4 is 10.6 Å². The number of carbonyl (C=O) groups excluding carboxylic acids is 2. The first kappa shape index (κ1) is 19.8. The van der Waals surface area contributed by atoms with Gasteiger partial charge in [0.2, 0.25) is 5.91 Å². The number of amides is 2. The van der Waals surface area contributed by atoms with Gasteiger partial charge in [-0.1, -0.05) is 31.5 Å². The van der Waals surface area contributed by atoms with Crippen molar-refractivity contribution >= 4 is 23.4 Å². The second kappa shape index (κ2) is 8.76. The smallest absolute Gasteiger partial charge is 0.270 e. The zero-order valence-corrected chi connectivity index (χ0v) is 15.6. The lowest BCUT2D eigenvalue weighted by atomic mass is 10.0. The molecule has 138 valence electrons. The highest BCUT2D eigenvalue weighted by Crippen LogP contribution is 2.23. The van der Waals surface area contributed by atoms with Gasteiger partial charge in [0.05, 0.1) is 10.7 Å². The second-order valence-electron chi connectivity index (χ2n) is 6.31. The lowest BCUT2D eigenvalue weighted by Gasteiger charge is -2.19. The molecule has 0 bridgehead atoms. The molecule has 2 rings (SSSR count). The van der Waals surface area contributed by atoms with E-state index < -0.39 is 17.8 Å². The van der Waals surface area contributed by atoms with E-state index in [-0.39, 0.29) is 22.5 Å². The first-order valence-electron chi connectivity index (χ1n) is 8.26. The molecular weight excluding hydrogens is 357 g/mol. The maximum Gasteiger partial charge on any atom is 0.270 e. The number of carbonyl (C=O) groups is 2. The third-order valence-corrected chi connectivity index (χ3v) is 4.06. The number of rotatable bonds is 6. The van der Waals surface area contributed by atoms with Gasteiger partial charge in [-0.2, -0.15) is 0 Å². The number of hydrogen-bond acceptors (Lipinski definition) is 3. The van der Waals surface area contributed by atoms with Gasteiger partial charge in [0.1, 0.15) is 17.6 Å². The number of benzene rings is 1. The standard InChI is InChI=1S/C19H21ClFN3O2/c1-11(2)9-17(18(25)22-3)24-19(26)16-6-4-5-15(23-16)12-7-8-14(21)13(20)10-12/h4-8,10-11,17H,9H2,1-3H3,(H,22,25)(H,24,26). The summed E-state index contributed by atoms with van der Waals surface area (Å²) in [5, 5.41) is 5.25. The summed E-state index contributed by atoms with van der Waals surface area (Å²) in [6, 6.07) is 8.52. The van der Waals surface area contributed by atoms with E-state index >= 15 is 0 Å². The Kier molecular flexibility index (Phi) is 6.69. The van der Waals surface area contributed by atoms with Gasteiger partial charge in [0, 0.05) is 12.6 Å². The zero-order valence-electron chi connectivity index (χ0n) is 14.8. The van der Waals surface area contributed by atoms with E-state index in [0.717, 1.165) is 0 Å². The van der Waals surface area contributed by atoms with Gasteiger partial charge in [0.25, 0.3) is 5.91 Å². The molecule has 0 radical (unpaired) electrons. The highest BCUT2D eigenvalue weighted by atomic mass is 35.5. The van der Waals surface area contributed by atoms with Crippen LogP contribution in [-0.2, 0) is 4.79 Å². The van der Waals surface area contributed by atoms with Crippen molar-refractivity contribution in [3.05, 3.63) is 52.9 Å². The number of likely N-dealkylation sites (N-methyl/N-ethyl adjacent to an activating group) is 1. The van der Waals surface area contributed by atoms with Crippen LogP contribution in [0.2, 0.25) is 5.02 Å². The molecule has 0 fully saturated rings. The van der Waals surface area contributed by atoms with Crippen LogP contribution in [0.15, 0.2) is 36.4 Å². The molecule has 5 nitrogen and oxygen atoms in total. The topological polar surface area (TPSA) is 71.1 Å². The van der Waals surface area contributed by atoms with Crippen LogP contribution in [0.1, 0.15) is 30.8 Å². The molecule has 1 aromatic carbocycles. The summed E-state index contributed by atoms with van der Waals surface area (Å²) in [7, 11) is 1.53. The lowest BCUT2D eigenvalue weighted by molar-refractivity contribution is -0.122. The first-order chi connectivity index (χ1) is 12.3. The quantitative estimate of drug-likeness (QED) is 0.810. The van der Waals surface area contributed by atoms with Crippen LogP contribution in [0, 0.1) is 11.7 Å². The van der Waals surface area contributed by atoms with E-state index in [9.17, 15) is 14.0 Å². The number of hydrogen-bond donors (Lipinski definition) is 2. The van der Waals surface area contributed by atoms with Crippen LogP contribution in [0.3, 0.4) is 0 Å². The second-order valence-corrected chi connectivity index (χ2v) is 6.71. The number of pyridine rings is 1. The molecular formula is C19H21ClFN3O2. The molecule has 1 unspecified atom stereocenters. The predicted molar refractivity (Wildman–Crippen MR) is 99.4 cm³/mol. The van der Waals surface area contributed by atoms with E-state index in [1.807, 2.05) is 13.8 Å². The summed E-state index contributed by atoms with van der Waals surface area (Å²) in [6.07, 6.45) is 0.513. The van der Waals surface area contributed by atoms with Crippen LogP contribution >= 0.6 is 11.6 Å². The molecule has 2 amide bonds. The van der Waals surface area contributed by atoms with Gasteiger partial charge in [-0.25, -0.2) is 9.37 Å². The van der Waals surface area contributed by atoms with Crippen molar-refractivity contribution in [2.75, 3.05) is 7.05 Å². The van der Waals surface area contributed by atoms with Crippen LogP contribution in [0.5, 0.6) is 0 Å². The van der Waals surface area contributed by atoms with Crippen molar-refractivity contribution < 1.29 is 14.0 Å². The minimum absolute atomic E-state index is 0.0178. The van der Waals surface area contributed by atoms with Gasteiger partial charge in [-0.05, 0) is 42.7 Å². The molecule has 1 heterocycles. The molecule has 2 N–H and O–H groups in total. The summed E-state index contributed by atoms with van der Waals surface area (Å²) in [5.41, 5.74) is 1.25. The summed E-state index contributed by atoms with van der Waals surface area (Å²) >= 11 is 5.81. The molecule has 2 aromatic rings. The zero-order chi connectivity index (χ0) is 19.3. The fourth-order valence-electron chi connectivity index (χ4n) is 2.49. The third kappa shape index (κ3) is 5.02. The van der Waals surface area contributed by atoms with Crippen LogP contribution in [0.25, 0.3) is 11.3 Å². The molecule has 0 saturated heterocycles. The molecule has 0 aliphatic heterocycles. The van der Waals surface area contributed by atoms with Crippen molar-refractivity contribution in [3.8, 4) is 11.3 Å². The van der Waals surface area contributed by atoms with Crippen molar-refractivity contribution in [3.63, 3.8) is 0 Å². The SMILES string of the molecule is CNC(=O)C(CC(C)C)NC(=O)c1cccc(-c2ccc(F)c(Cl)c2)n1. The molecule has 26 heavy (non-hydrogen) atoms. The van der Waals surface area contributed by atoms with E-state index in [1.54, 1.807) is 18.2 Å². The molecule has 0 saturated carbocycles. The Morgan fingerprint density at radius 3 is 2.58 bits per heavy atom. The monoisotopic (exact) mass is 377 g/mol. The minimum atomic E-state index is -0.641. The van der Waals surface area contributed by atoms with E-state index in [4.69, 9.17) is 11.6 Å². The van der Waals surface area contributed by atoms with Gasteiger partial charge in [-0.15, -0.1) is 0 Å². The lowest BCUT2D eigenvalue weighted by Crippen LogP contribution is -2.46. The summed E-state index contributed by atoms with van der Waals surface area (Å²) < 4.78 is 13.3. The van der Waals surface area contributed by atoms with Gasteiger partial charge in [-0.3, -0.25) is 9.59 Å². The third-order valence-electron chi connectivity index (χ3n) is 3.77. The Bertz CT molecular complexity index is 811. The highest BCUT2D eigenvalue weighted by Gasteiger charge is 2.22. The van der Waals surface area contributed by atoms with E-state index in [0.29, 0.717) is 17.7 Å². The minimum Gasteiger partial charge on any atom is -0.357 e. The Balaban J connectivity index is 2.23. The summed E-state index contributed by atoms with van der Waals surface area (Å²) in [6.45, 7) is 3.94. The van der Waals surface area contributed by atoms with E-state index in [1.165, 1.54) is 25.2 Å². The Morgan fingerprint density at radius 2 is 1.96 bits per heavy atom. The average Bonchev–Trinajstić information content (AvgIpc) is 2.62. The average molecular weight is 378 g/mol. The number of aromatic nitrogens is 1. The highest BCUT2D eigenvalue weighted by molar-refractivity contribution is 6.31. The van der Waals surface area contributed by atoms with Gasteiger partial charge in [0.15, 0.2) is 0 Å². The van der Waals surface area contributed by atoms with Crippen molar-refractivity contribution in [2.45, 2.75) is 26.3 Å². The summed E-state index contributed by atoms with van der Waals surface area (Å²) in [5.74, 6) is -0.993. The Hall–Kier alpha value is -2.47. The predicted octanol–water partition coefficient (Wildman–Crippen LogP) is 3.43. The largest absolute Gasteiger partial charge is 0.357 e. The number of halogens is 2. The molecule has 0 aliphatic carbocycles. The molecule has 0 aliphatic rings. The molecule has 7 heteroatoms. The van der Waals surface area contributed by atoms with Crippen molar-refractivity contribution in [1.29, 1.82) is 0 Å². The van der Waals surface area contributed by atoms with Crippen molar-refractivity contribution in [2.24, 2.45) is 5.92 Å².